The lowest BCUT2D eigenvalue weighted by Crippen LogP contribution is -2.12. The smallest absolute Gasteiger partial charge is 0.275 e. The number of rotatable bonds is 6. The largest absolute Gasteiger partial charge is 0.497 e. The van der Waals surface area contributed by atoms with Crippen LogP contribution in [0.5, 0.6) is 5.75 Å². The lowest BCUT2D eigenvalue weighted by Gasteiger charge is -2.04. The molecule has 0 fully saturated rings. The van der Waals surface area contributed by atoms with E-state index in [1.807, 2.05) is 24.3 Å². The van der Waals surface area contributed by atoms with Gasteiger partial charge in [-0.05, 0) is 36.8 Å². The van der Waals surface area contributed by atoms with Gasteiger partial charge in [-0.25, -0.2) is 4.98 Å². The highest BCUT2D eigenvalue weighted by molar-refractivity contribution is 7.09. The molecule has 0 unspecified atom stereocenters. The van der Waals surface area contributed by atoms with Gasteiger partial charge in [-0.1, -0.05) is 24.3 Å². The second-order valence-electron chi connectivity index (χ2n) is 5.74. The predicted octanol–water partition coefficient (Wildman–Crippen LogP) is 4.20. The number of amides is 1. The quantitative estimate of drug-likeness (QED) is 0.664. The third kappa shape index (κ3) is 4.34. The summed E-state index contributed by atoms with van der Waals surface area (Å²) in [6.07, 6.45) is 0.655. The molecule has 0 saturated heterocycles. The number of nitrogens with zero attached hydrogens (tertiary/aromatic N) is 1. The molecule has 1 N–H and O–H groups in total. The van der Waals surface area contributed by atoms with Crippen molar-refractivity contribution in [3.05, 3.63) is 75.7 Å². The lowest BCUT2D eigenvalue weighted by atomic mass is 10.1. The van der Waals surface area contributed by atoms with Crippen LogP contribution < -0.4 is 10.1 Å². The van der Waals surface area contributed by atoms with Crippen molar-refractivity contribution < 1.29 is 14.3 Å². The molecule has 5 nitrogen and oxygen atoms in total. The highest BCUT2D eigenvalue weighted by Gasteiger charge is 2.12. The van der Waals surface area contributed by atoms with Gasteiger partial charge < -0.3 is 10.1 Å². The summed E-state index contributed by atoms with van der Waals surface area (Å²) in [5.74, 6) is 0.472. The summed E-state index contributed by atoms with van der Waals surface area (Å²) in [5, 5.41) is 5.38. The van der Waals surface area contributed by atoms with E-state index in [0.717, 1.165) is 16.3 Å². The summed E-state index contributed by atoms with van der Waals surface area (Å²) in [4.78, 5) is 28.2. The van der Waals surface area contributed by atoms with E-state index in [1.165, 1.54) is 18.3 Å². The first-order valence-corrected chi connectivity index (χ1v) is 8.93. The fourth-order valence-corrected chi connectivity index (χ4v) is 3.23. The van der Waals surface area contributed by atoms with Crippen LogP contribution in [-0.2, 0) is 6.42 Å². The molecule has 0 aliphatic heterocycles. The molecule has 3 rings (SSSR count). The molecule has 2 aromatic carbocycles. The van der Waals surface area contributed by atoms with Gasteiger partial charge in [0, 0.05) is 23.1 Å². The molecule has 132 valence electrons. The zero-order chi connectivity index (χ0) is 18.5. The number of methoxy groups -OCH3 is 1. The topological polar surface area (TPSA) is 68.3 Å². The van der Waals surface area contributed by atoms with Crippen LogP contribution in [0.1, 0.15) is 38.3 Å². The maximum Gasteiger partial charge on any atom is 0.275 e. The summed E-state index contributed by atoms with van der Waals surface area (Å²) in [7, 11) is 1.63. The number of ether oxygens (including phenoxy) is 1. The van der Waals surface area contributed by atoms with Crippen molar-refractivity contribution in [2.45, 2.75) is 13.3 Å². The Hall–Kier alpha value is -2.99. The van der Waals surface area contributed by atoms with Gasteiger partial charge >= 0.3 is 0 Å². The van der Waals surface area contributed by atoms with Gasteiger partial charge in [-0.15, -0.1) is 11.3 Å². The Kier molecular flexibility index (Phi) is 5.43. The fourth-order valence-electron chi connectivity index (χ4n) is 2.43. The van der Waals surface area contributed by atoms with E-state index < -0.39 is 0 Å². The maximum absolute atomic E-state index is 12.4. The summed E-state index contributed by atoms with van der Waals surface area (Å²) >= 11 is 1.44. The number of thiazole rings is 1. The van der Waals surface area contributed by atoms with Gasteiger partial charge in [0.1, 0.15) is 11.4 Å². The van der Waals surface area contributed by atoms with Crippen LogP contribution in [0.3, 0.4) is 0 Å². The van der Waals surface area contributed by atoms with Gasteiger partial charge in [0.15, 0.2) is 5.78 Å². The number of anilines is 1. The van der Waals surface area contributed by atoms with Crippen LogP contribution >= 0.6 is 11.3 Å². The van der Waals surface area contributed by atoms with E-state index in [1.54, 1.807) is 36.8 Å². The molecular formula is C20H18N2O3S. The number of aromatic nitrogens is 1. The normalized spacial score (nSPS) is 10.4. The van der Waals surface area contributed by atoms with Crippen molar-refractivity contribution in [1.29, 1.82) is 0 Å². The van der Waals surface area contributed by atoms with E-state index in [9.17, 15) is 9.59 Å². The van der Waals surface area contributed by atoms with Crippen LogP contribution in [0.2, 0.25) is 0 Å². The van der Waals surface area contributed by atoms with E-state index in [2.05, 4.69) is 10.3 Å². The van der Waals surface area contributed by atoms with Crippen molar-refractivity contribution >= 4 is 28.7 Å². The highest BCUT2D eigenvalue weighted by atomic mass is 32.1. The molecule has 0 radical (unpaired) electrons. The Balaban J connectivity index is 1.67. The summed E-state index contributed by atoms with van der Waals surface area (Å²) in [6.45, 7) is 1.49. The molecule has 0 aliphatic carbocycles. The Bertz CT molecular complexity index is 932. The van der Waals surface area contributed by atoms with Gasteiger partial charge in [0.25, 0.3) is 5.91 Å². The lowest BCUT2D eigenvalue weighted by molar-refractivity contribution is 0.100. The molecular weight excluding hydrogens is 348 g/mol. The standard InChI is InChI=1S/C20H18N2O3S/c1-13(23)15-4-3-5-16(11-15)21-20(24)18-12-26-19(22-18)10-14-6-8-17(25-2)9-7-14/h3-9,11-12H,10H2,1-2H3,(H,21,24). The third-order valence-electron chi connectivity index (χ3n) is 3.83. The minimum absolute atomic E-state index is 0.0449. The Morgan fingerprint density at radius 2 is 1.92 bits per heavy atom. The number of hydrogen-bond donors (Lipinski definition) is 1. The monoisotopic (exact) mass is 366 g/mol. The SMILES string of the molecule is COc1ccc(Cc2nc(C(=O)Nc3cccc(C(C)=O)c3)cs2)cc1. The molecule has 1 aromatic heterocycles. The maximum atomic E-state index is 12.4. The minimum atomic E-state index is -0.289. The van der Waals surface area contributed by atoms with Gasteiger partial charge in [0.05, 0.1) is 12.1 Å². The van der Waals surface area contributed by atoms with Crippen LogP contribution in [0.4, 0.5) is 5.69 Å². The molecule has 1 amide bonds. The second-order valence-corrected chi connectivity index (χ2v) is 6.69. The summed E-state index contributed by atoms with van der Waals surface area (Å²) in [5.41, 5.74) is 2.60. The van der Waals surface area contributed by atoms with Crippen LogP contribution in [0.15, 0.2) is 53.9 Å². The van der Waals surface area contributed by atoms with Gasteiger partial charge in [0.2, 0.25) is 0 Å². The molecule has 0 spiro atoms. The number of nitrogens with one attached hydrogen (secondary N) is 1. The first kappa shape index (κ1) is 17.8. The summed E-state index contributed by atoms with van der Waals surface area (Å²) in [6, 6.07) is 14.6. The van der Waals surface area contributed by atoms with Crippen molar-refractivity contribution in [1.82, 2.24) is 4.98 Å². The number of benzene rings is 2. The van der Waals surface area contributed by atoms with Crippen LogP contribution in [0, 0.1) is 0 Å². The number of hydrogen-bond acceptors (Lipinski definition) is 5. The van der Waals surface area contributed by atoms with Crippen LogP contribution in [-0.4, -0.2) is 23.8 Å². The fraction of sp³-hybridized carbons (Fsp3) is 0.150. The molecule has 3 aromatic rings. The molecule has 0 aliphatic rings. The molecule has 1 heterocycles. The van der Waals surface area contributed by atoms with Crippen LogP contribution in [0.25, 0.3) is 0 Å². The zero-order valence-electron chi connectivity index (χ0n) is 14.5. The van der Waals surface area contributed by atoms with E-state index in [0.29, 0.717) is 23.4 Å². The zero-order valence-corrected chi connectivity index (χ0v) is 15.3. The average molecular weight is 366 g/mol. The number of carbonyl (C=O) groups is 2. The van der Waals surface area contributed by atoms with Crippen molar-refractivity contribution in [3.8, 4) is 5.75 Å². The van der Waals surface area contributed by atoms with Crippen molar-refractivity contribution in [2.75, 3.05) is 12.4 Å². The highest BCUT2D eigenvalue weighted by Crippen LogP contribution is 2.19. The number of Topliss-reactive ketones (excluding diaryl/α,β-unsaturated/α-hetero) is 1. The van der Waals surface area contributed by atoms with Crippen molar-refractivity contribution in [2.24, 2.45) is 0 Å². The number of ketones is 1. The van der Waals surface area contributed by atoms with E-state index in [-0.39, 0.29) is 11.7 Å². The second kappa shape index (κ2) is 7.93. The van der Waals surface area contributed by atoms with Gasteiger partial charge in [-0.2, -0.15) is 0 Å². The van der Waals surface area contributed by atoms with E-state index in [4.69, 9.17) is 4.74 Å². The van der Waals surface area contributed by atoms with Crippen molar-refractivity contribution in [3.63, 3.8) is 0 Å². The number of carbonyl (C=O) groups excluding carboxylic acids is 2. The summed E-state index contributed by atoms with van der Waals surface area (Å²) < 4.78 is 5.15. The van der Waals surface area contributed by atoms with Gasteiger partial charge in [-0.3, -0.25) is 9.59 Å². The Morgan fingerprint density at radius 1 is 1.15 bits per heavy atom. The first-order valence-electron chi connectivity index (χ1n) is 8.05. The van der Waals surface area contributed by atoms with E-state index >= 15 is 0 Å². The first-order chi connectivity index (χ1) is 12.5. The molecule has 6 heteroatoms. The predicted molar refractivity (Wildman–Crippen MR) is 102 cm³/mol. The Labute approximate surface area is 155 Å². The third-order valence-corrected chi connectivity index (χ3v) is 4.67. The average Bonchev–Trinajstić information content (AvgIpc) is 3.11. The Morgan fingerprint density at radius 3 is 2.62 bits per heavy atom. The molecule has 0 atom stereocenters. The molecule has 0 saturated carbocycles. The molecule has 26 heavy (non-hydrogen) atoms. The minimum Gasteiger partial charge on any atom is -0.497 e. The molecule has 0 bridgehead atoms.